The zero-order valence-electron chi connectivity index (χ0n) is 23.6. The van der Waals surface area contributed by atoms with E-state index in [0.717, 1.165) is 11.8 Å². The van der Waals surface area contributed by atoms with Gasteiger partial charge in [-0.25, -0.2) is 4.39 Å². The highest BCUT2D eigenvalue weighted by Crippen LogP contribution is 2.25. The number of aromatic amines is 1. The first-order valence-corrected chi connectivity index (χ1v) is 13.4. The number of ether oxygens (including phenoxy) is 1. The molecule has 1 aromatic heterocycles. The van der Waals surface area contributed by atoms with Gasteiger partial charge in [-0.05, 0) is 66.9 Å². The van der Waals surface area contributed by atoms with E-state index < -0.39 is 48.8 Å². The van der Waals surface area contributed by atoms with E-state index >= 15 is 0 Å². The van der Waals surface area contributed by atoms with E-state index in [9.17, 15) is 31.9 Å². The molecule has 0 aliphatic heterocycles. The Kier molecular flexibility index (Phi) is 9.37. The number of halogens is 4. The molecule has 0 saturated carbocycles. The van der Waals surface area contributed by atoms with Crippen LogP contribution in [0.15, 0.2) is 72.8 Å². The van der Waals surface area contributed by atoms with E-state index in [0.29, 0.717) is 28.5 Å². The number of alkyl halides is 3. The molecule has 3 amide bonds. The van der Waals surface area contributed by atoms with Crippen molar-refractivity contribution in [1.82, 2.24) is 15.2 Å². The number of amides is 3. The molecule has 8 nitrogen and oxygen atoms in total. The average Bonchev–Trinajstić information content (AvgIpc) is 3.39. The maximum atomic E-state index is 14.2. The molecule has 0 saturated heterocycles. The Bertz CT molecular complexity index is 1600. The summed E-state index contributed by atoms with van der Waals surface area (Å²) in [5.41, 5.74) is 1.40. The summed E-state index contributed by atoms with van der Waals surface area (Å²) >= 11 is 0. The van der Waals surface area contributed by atoms with Gasteiger partial charge in [0.2, 0.25) is 11.8 Å². The number of anilines is 1. The Hall–Kier alpha value is -4.87. The maximum Gasteiger partial charge on any atom is 0.408 e. The molecule has 0 bridgehead atoms. The van der Waals surface area contributed by atoms with Gasteiger partial charge in [0.15, 0.2) is 0 Å². The van der Waals surface area contributed by atoms with Gasteiger partial charge in [0, 0.05) is 11.1 Å². The number of H-pyrrole nitrogens is 1. The van der Waals surface area contributed by atoms with E-state index in [-0.39, 0.29) is 11.2 Å². The topological polar surface area (TPSA) is 104 Å². The fourth-order valence-electron chi connectivity index (χ4n) is 4.18. The first-order chi connectivity index (χ1) is 20.3. The number of carbonyl (C=O) groups is 3. The molecule has 12 heteroatoms. The summed E-state index contributed by atoms with van der Waals surface area (Å²) in [6, 6.07) is 17.4. The fraction of sp³-hybridized carbons (Fsp3) is 0.258. The van der Waals surface area contributed by atoms with Gasteiger partial charge in [-0.2, -0.15) is 13.2 Å². The highest BCUT2D eigenvalue weighted by atomic mass is 19.4. The number of para-hydroxylation sites is 1. The number of hydrogen-bond acceptors (Lipinski definition) is 4. The molecule has 3 N–H and O–H groups in total. The number of rotatable bonds is 10. The van der Waals surface area contributed by atoms with Crippen LogP contribution in [0, 0.1) is 5.82 Å². The Balaban J connectivity index is 1.45. The minimum atomic E-state index is -4.70. The first kappa shape index (κ1) is 31.1. The van der Waals surface area contributed by atoms with E-state index in [1.165, 1.54) is 23.8 Å². The Morgan fingerprint density at radius 1 is 0.884 bits per heavy atom. The number of aromatic nitrogens is 1. The molecule has 0 radical (unpaired) electrons. The van der Waals surface area contributed by atoms with Gasteiger partial charge in [-0.15, -0.1) is 0 Å². The molecule has 1 atom stereocenters. The molecule has 0 fully saturated rings. The van der Waals surface area contributed by atoms with Crippen LogP contribution in [0.3, 0.4) is 0 Å². The molecular formula is C31H30F4N4O4. The SMILES string of the molecule is CC(C)c1ccc(Oc2ccc(NC(=O)CN(CC(=O)NC(C)C(F)(F)F)C(=O)c3cc4cccc(F)c4[nH]3)cc2)cc1. The van der Waals surface area contributed by atoms with Crippen molar-refractivity contribution in [2.75, 3.05) is 18.4 Å². The fourth-order valence-corrected chi connectivity index (χ4v) is 4.18. The normalized spacial score (nSPS) is 12.2. The Morgan fingerprint density at radius 3 is 2.07 bits per heavy atom. The molecule has 226 valence electrons. The van der Waals surface area contributed by atoms with Crippen molar-refractivity contribution < 1.29 is 36.7 Å². The van der Waals surface area contributed by atoms with Crippen molar-refractivity contribution in [2.24, 2.45) is 0 Å². The number of benzene rings is 3. The van der Waals surface area contributed by atoms with E-state index in [1.54, 1.807) is 35.6 Å². The van der Waals surface area contributed by atoms with Crippen LogP contribution in [-0.4, -0.2) is 52.9 Å². The van der Waals surface area contributed by atoms with Crippen molar-refractivity contribution in [3.63, 3.8) is 0 Å². The van der Waals surface area contributed by atoms with Crippen molar-refractivity contribution in [3.05, 3.63) is 89.9 Å². The molecule has 4 aromatic rings. The summed E-state index contributed by atoms with van der Waals surface area (Å²) in [6.45, 7) is 3.40. The first-order valence-electron chi connectivity index (χ1n) is 13.4. The minimum Gasteiger partial charge on any atom is -0.457 e. The Labute approximate surface area is 245 Å². The standard InChI is InChI=1S/C31H30F4N4O4/c1-18(2)20-7-11-23(12-8-20)43-24-13-9-22(10-14-24)37-28(41)17-39(16-27(40)36-19(3)31(33,34)35)30(42)26-15-21-5-4-6-25(32)29(21)38-26/h4-15,18-19,38H,16-17H2,1-3H3,(H,36,40)(H,37,41). The number of nitrogens with zero attached hydrogens (tertiary/aromatic N) is 1. The second-order valence-corrected chi connectivity index (χ2v) is 10.3. The lowest BCUT2D eigenvalue weighted by atomic mass is 10.0. The van der Waals surface area contributed by atoms with E-state index in [4.69, 9.17) is 4.74 Å². The van der Waals surface area contributed by atoms with Crippen molar-refractivity contribution in [1.29, 1.82) is 0 Å². The van der Waals surface area contributed by atoms with Gasteiger partial charge < -0.3 is 25.3 Å². The maximum absolute atomic E-state index is 14.2. The highest BCUT2D eigenvalue weighted by molar-refractivity contribution is 6.02. The van der Waals surface area contributed by atoms with Gasteiger partial charge in [0.25, 0.3) is 5.91 Å². The molecule has 0 aliphatic rings. The number of fused-ring (bicyclic) bond motifs is 1. The lowest BCUT2D eigenvalue weighted by Crippen LogP contribution is -2.49. The van der Waals surface area contributed by atoms with Gasteiger partial charge in [-0.3, -0.25) is 14.4 Å². The van der Waals surface area contributed by atoms with Gasteiger partial charge in [-0.1, -0.05) is 38.1 Å². The average molecular weight is 599 g/mol. The third-order valence-electron chi connectivity index (χ3n) is 6.58. The molecular weight excluding hydrogens is 568 g/mol. The van der Waals surface area contributed by atoms with Crippen LogP contribution in [-0.2, 0) is 9.59 Å². The summed E-state index contributed by atoms with van der Waals surface area (Å²) in [5.74, 6) is -1.84. The quantitative estimate of drug-likeness (QED) is 0.185. The van der Waals surface area contributed by atoms with Crippen LogP contribution in [0.25, 0.3) is 10.9 Å². The number of carbonyl (C=O) groups excluding carboxylic acids is 3. The van der Waals surface area contributed by atoms with Crippen LogP contribution in [0.5, 0.6) is 11.5 Å². The highest BCUT2D eigenvalue weighted by Gasteiger charge is 2.37. The predicted octanol–water partition coefficient (Wildman–Crippen LogP) is 6.37. The summed E-state index contributed by atoms with van der Waals surface area (Å²) in [7, 11) is 0. The summed E-state index contributed by atoms with van der Waals surface area (Å²) in [4.78, 5) is 42.0. The second kappa shape index (κ2) is 13.0. The molecule has 0 aliphatic carbocycles. The lowest BCUT2D eigenvalue weighted by molar-refractivity contribution is -0.158. The van der Waals surface area contributed by atoms with Gasteiger partial charge in [0.1, 0.15) is 42.1 Å². The number of hydrogen-bond donors (Lipinski definition) is 3. The molecule has 0 spiro atoms. The molecule has 4 rings (SSSR count). The minimum absolute atomic E-state index is 0.0311. The number of nitrogens with one attached hydrogen (secondary N) is 3. The van der Waals surface area contributed by atoms with Crippen molar-refractivity contribution in [3.8, 4) is 11.5 Å². The third-order valence-corrected chi connectivity index (χ3v) is 6.58. The van der Waals surface area contributed by atoms with Crippen molar-refractivity contribution in [2.45, 2.75) is 38.9 Å². The van der Waals surface area contributed by atoms with Gasteiger partial charge in [0.05, 0.1) is 5.52 Å². The second-order valence-electron chi connectivity index (χ2n) is 10.3. The zero-order chi connectivity index (χ0) is 31.3. The van der Waals surface area contributed by atoms with E-state index in [1.807, 2.05) is 24.3 Å². The molecule has 3 aromatic carbocycles. The summed E-state index contributed by atoms with van der Waals surface area (Å²) in [5, 5.41) is 4.73. The van der Waals surface area contributed by atoms with Crippen LogP contribution in [0.4, 0.5) is 23.2 Å². The summed E-state index contributed by atoms with van der Waals surface area (Å²) < 4.78 is 58.9. The molecule has 1 heterocycles. The predicted molar refractivity (Wildman–Crippen MR) is 153 cm³/mol. The molecule has 43 heavy (non-hydrogen) atoms. The smallest absolute Gasteiger partial charge is 0.408 e. The monoisotopic (exact) mass is 598 g/mol. The zero-order valence-corrected chi connectivity index (χ0v) is 23.6. The molecule has 1 unspecified atom stereocenters. The summed E-state index contributed by atoms with van der Waals surface area (Å²) in [6.07, 6.45) is -4.70. The Morgan fingerprint density at radius 2 is 1.49 bits per heavy atom. The van der Waals surface area contributed by atoms with Crippen LogP contribution in [0.2, 0.25) is 0 Å². The van der Waals surface area contributed by atoms with Crippen molar-refractivity contribution >= 4 is 34.3 Å². The van der Waals surface area contributed by atoms with E-state index in [2.05, 4.69) is 24.1 Å². The van der Waals surface area contributed by atoms with Crippen LogP contribution >= 0.6 is 0 Å². The largest absolute Gasteiger partial charge is 0.457 e. The van der Waals surface area contributed by atoms with Gasteiger partial charge >= 0.3 is 6.18 Å². The lowest BCUT2D eigenvalue weighted by Gasteiger charge is -2.23. The third kappa shape index (κ3) is 8.12. The van der Waals surface area contributed by atoms with Crippen LogP contribution < -0.4 is 15.4 Å². The van der Waals surface area contributed by atoms with Crippen LogP contribution in [0.1, 0.15) is 42.7 Å².